The van der Waals surface area contributed by atoms with E-state index in [0.29, 0.717) is 6.42 Å². The first-order valence-electron chi connectivity index (χ1n) is 7.12. The average molecular weight is 274 g/mol. The van der Waals surface area contributed by atoms with Gasteiger partial charge in [0.1, 0.15) is 11.1 Å². The summed E-state index contributed by atoms with van der Waals surface area (Å²) in [7, 11) is 0. The molecule has 100 valence electrons. The zero-order valence-electron chi connectivity index (χ0n) is 11.0. The van der Waals surface area contributed by atoms with Gasteiger partial charge in [-0.15, -0.1) is 11.3 Å². The molecule has 0 unspecified atom stereocenters. The molecule has 1 amide bonds. The maximum absolute atomic E-state index is 11.9. The number of nitriles is 1. The molecule has 2 aliphatic carbocycles. The molecule has 1 aromatic rings. The van der Waals surface area contributed by atoms with Crippen LogP contribution in [-0.4, -0.2) is 5.91 Å². The Kier molecular flexibility index (Phi) is 3.56. The lowest BCUT2D eigenvalue weighted by molar-refractivity contribution is -0.116. The number of nitrogens with zero attached hydrogens (tertiary/aromatic N) is 1. The van der Waals surface area contributed by atoms with Crippen LogP contribution < -0.4 is 5.32 Å². The second kappa shape index (κ2) is 5.34. The molecule has 0 aromatic carbocycles. The van der Waals surface area contributed by atoms with Crippen LogP contribution in [0.2, 0.25) is 0 Å². The molecule has 1 heterocycles. The molecule has 2 aliphatic rings. The summed E-state index contributed by atoms with van der Waals surface area (Å²) in [5.74, 6) is 0.831. The molecular formula is C15H18N2OS. The Balaban J connectivity index is 1.63. The maximum Gasteiger partial charge on any atom is 0.225 e. The van der Waals surface area contributed by atoms with E-state index in [9.17, 15) is 10.1 Å². The van der Waals surface area contributed by atoms with Gasteiger partial charge in [0.25, 0.3) is 0 Å². The molecule has 19 heavy (non-hydrogen) atoms. The monoisotopic (exact) mass is 274 g/mol. The zero-order chi connectivity index (χ0) is 13.2. The number of anilines is 1. The third kappa shape index (κ3) is 2.52. The van der Waals surface area contributed by atoms with Crippen molar-refractivity contribution < 1.29 is 4.79 Å². The molecule has 0 saturated heterocycles. The second-order valence-corrected chi connectivity index (χ2v) is 6.66. The highest BCUT2D eigenvalue weighted by Gasteiger charge is 2.23. The number of hydrogen-bond acceptors (Lipinski definition) is 3. The normalized spacial score (nSPS) is 17.6. The lowest BCUT2D eigenvalue weighted by Gasteiger charge is -2.24. The first-order valence-corrected chi connectivity index (χ1v) is 7.94. The number of hydrogen-bond donors (Lipinski definition) is 1. The van der Waals surface area contributed by atoms with E-state index in [-0.39, 0.29) is 5.91 Å². The smallest absolute Gasteiger partial charge is 0.225 e. The standard InChI is InChI=1S/C15H18N2OS/c16-9-12-11-5-2-6-13(11)19-15(12)17-14(18)8-7-10-3-1-4-10/h10H,1-8H2,(H,17,18). The van der Waals surface area contributed by atoms with Crippen LogP contribution in [0, 0.1) is 17.2 Å². The minimum absolute atomic E-state index is 0.0725. The third-order valence-electron chi connectivity index (χ3n) is 4.29. The lowest BCUT2D eigenvalue weighted by atomic mass is 9.82. The van der Waals surface area contributed by atoms with E-state index in [0.717, 1.165) is 42.2 Å². The van der Waals surface area contributed by atoms with Crippen molar-refractivity contribution in [1.29, 1.82) is 5.26 Å². The van der Waals surface area contributed by atoms with Crippen molar-refractivity contribution in [2.45, 2.75) is 51.4 Å². The molecule has 4 heteroatoms. The van der Waals surface area contributed by atoms with Crippen molar-refractivity contribution >= 4 is 22.2 Å². The molecule has 1 N–H and O–H groups in total. The van der Waals surface area contributed by atoms with Crippen LogP contribution in [0.1, 0.15) is 54.5 Å². The number of aryl methyl sites for hydroxylation is 1. The minimum atomic E-state index is 0.0725. The highest BCUT2D eigenvalue weighted by atomic mass is 32.1. The Labute approximate surface area is 117 Å². The van der Waals surface area contributed by atoms with E-state index >= 15 is 0 Å². The number of amides is 1. The number of carbonyl (C=O) groups is 1. The molecular weight excluding hydrogens is 256 g/mol. The molecule has 1 aromatic heterocycles. The van der Waals surface area contributed by atoms with Gasteiger partial charge in [-0.25, -0.2) is 0 Å². The van der Waals surface area contributed by atoms with Crippen molar-refractivity contribution in [2.24, 2.45) is 5.92 Å². The molecule has 3 rings (SSSR count). The predicted octanol–water partition coefficient (Wildman–Crippen LogP) is 3.63. The summed E-state index contributed by atoms with van der Waals surface area (Å²) in [5.41, 5.74) is 1.90. The summed E-state index contributed by atoms with van der Waals surface area (Å²) < 4.78 is 0. The van der Waals surface area contributed by atoms with Crippen LogP contribution in [0.3, 0.4) is 0 Å². The van der Waals surface area contributed by atoms with E-state index < -0.39 is 0 Å². The van der Waals surface area contributed by atoms with Gasteiger partial charge < -0.3 is 5.32 Å². The Morgan fingerprint density at radius 2 is 2.21 bits per heavy atom. The minimum Gasteiger partial charge on any atom is -0.317 e. The first kappa shape index (κ1) is 12.7. The Morgan fingerprint density at radius 1 is 1.37 bits per heavy atom. The summed E-state index contributed by atoms with van der Waals surface area (Å²) in [4.78, 5) is 13.2. The third-order valence-corrected chi connectivity index (χ3v) is 5.50. The molecule has 0 atom stereocenters. The van der Waals surface area contributed by atoms with Crippen LogP contribution in [0.25, 0.3) is 0 Å². The summed E-state index contributed by atoms with van der Waals surface area (Å²) in [6, 6.07) is 2.26. The van der Waals surface area contributed by atoms with Gasteiger partial charge >= 0.3 is 0 Å². The van der Waals surface area contributed by atoms with Crippen molar-refractivity contribution in [3.63, 3.8) is 0 Å². The highest BCUT2D eigenvalue weighted by molar-refractivity contribution is 7.16. The number of fused-ring (bicyclic) bond motifs is 1. The fourth-order valence-electron chi connectivity index (χ4n) is 2.92. The molecule has 0 radical (unpaired) electrons. The van der Waals surface area contributed by atoms with E-state index in [1.54, 1.807) is 11.3 Å². The van der Waals surface area contributed by atoms with Gasteiger partial charge in [0.05, 0.1) is 5.56 Å². The number of rotatable bonds is 4. The quantitative estimate of drug-likeness (QED) is 0.911. The molecule has 1 fully saturated rings. The lowest BCUT2D eigenvalue weighted by Crippen LogP contribution is -2.16. The Morgan fingerprint density at radius 3 is 2.89 bits per heavy atom. The van der Waals surface area contributed by atoms with Gasteiger partial charge in [-0.2, -0.15) is 5.26 Å². The Hall–Kier alpha value is -1.34. The predicted molar refractivity (Wildman–Crippen MR) is 76.3 cm³/mol. The van der Waals surface area contributed by atoms with Gasteiger partial charge in [-0.05, 0) is 37.2 Å². The van der Waals surface area contributed by atoms with Crippen molar-refractivity contribution in [3.05, 3.63) is 16.0 Å². The van der Waals surface area contributed by atoms with E-state index in [2.05, 4.69) is 11.4 Å². The molecule has 0 aliphatic heterocycles. The van der Waals surface area contributed by atoms with Gasteiger partial charge in [0, 0.05) is 11.3 Å². The summed E-state index contributed by atoms with van der Waals surface area (Å²) >= 11 is 1.60. The van der Waals surface area contributed by atoms with E-state index in [4.69, 9.17) is 0 Å². The second-order valence-electron chi connectivity index (χ2n) is 5.56. The SMILES string of the molecule is N#Cc1c(NC(=O)CCC2CCC2)sc2c1CCC2. The first-order chi connectivity index (χ1) is 9.28. The van der Waals surface area contributed by atoms with Gasteiger partial charge in [0.15, 0.2) is 0 Å². The van der Waals surface area contributed by atoms with Crippen LogP contribution in [0.15, 0.2) is 0 Å². The van der Waals surface area contributed by atoms with Crippen LogP contribution in [0.4, 0.5) is 5.00 Å². The largest absolute Gasteiger partial charge is 0.317 e. The average Bonchev–Trinajstić information content (AvgIpc) is 2.86. The number of thiophene rings is 1. The molecule has 3 nitrogen and oxygen atoms in total. The fraction of sp³-hybridized carbons (Fsp3) is 0.600. The fourth-order valence-corrected chi connectivity index (χ4v) is 4.17. The number of nitrogens with one attached hydrogen (secondary N) is 1. The van der Waals surface area contributed by atoms with E-state index in [1.807, 2.05) is 0 Å². The van der Waals surface area contributed by atoms with Gasteiger partial charge in [-0.3, -0.25) is 4.79 Å². The van der Waals surface area contributed by atoms with Crippen LogP contribution in [0.5, 0.6) is 0 Å². The summed E-state index contributed by atoms with van der Waals surface area (Å²) in [5, 5.41) is 13.0. The van der Waals surface area contributed by atoms with Crippen molar-refractivity contribution in [2.75, 3.05) is 5.32 Å². The Bertz CT molecular complexity index is 537. The van der Waals surface area contributed by atoms with Gasteiger partial charge in [-0.1, -0.05) is 19.3 Å². The van der Waals surface area contributed by atoms with Crippen molar-refractivity contribution in [1.82, 2.24) is 0 Å². The van der Waals surface area contributed by atoms with Crippen LogP contribution >= 0.6 is 11.3 Å². The zero-order valence-corrected chi connectivity index (χ0v) is 11.8. The molecule has 0 bridgehead atoms. The van der Waals surface area contributed by atoms with Crippen molar-refractivity contribution in [3.8, 4) is 6.07 Å². The summed E-state index contributed by atoms with van der Waals surface area (Å²) in [6.07, 6.45) is 8.68. The summed E-state index contributed by atoms with van der Waals surface area (Å²) in [6.45, 7) is 0. The topological polar surface area (TPSA) is 52.9 Å². The van der Waals surface area contributed by atoms with E-state index in [1.165, 1.54) is 29.7 Å². The van der Waals surface area contributed by atoms with Gasteiger partial charge in [0.2, 0.25) is 5.91 Å². The maximum atomic E-state index is 11.9. The number of carbonyl (C=O) groups excluding carboxylic acids is 1. The van der Waals surface area contributed by atoms with Crippen LogP contribution in [-0.2, 0) is 17.6 Å². The molecule has 0 spiro atoms. The highest BCUT2D eigenvalue weighted by Crippen LogP contribution is 2.38. The molecule has 1 saturated carbocycles.